The fraction of sp³-hybridized carbons (Fsp3) is 1.00. The van der Waals surface area contributed by atoms with Crippen molar-refractivity contribution in [3.63, 3.8) is 0 Å². The molecule has 3 aliphatic carbocycles. The average molecular weight is 738 g/mol. The van der Waals surface area contributed by atoms with Gasteiger partial charge >= 0.3 is 0 Å². The Hall–Kier alpha value is -0.680. The minimum atomic E-state index is -1.72. The summed E-state index contributed by atoms with van der Waals surface area (Å²) in [6, 6.07) is 0. The second kappa shape index (κ2) is 15.8. The zero-order chi connectivity index (χ0) is 36.3. The van der Waals surface area contributed by atoms with Crippen molar-refractivity contribution in [2.45, 2.75) is 174 Å². The molecule has 17 nitrogen and oxygen atoms in total. The van der Waals surface area contributed by atoms with E-state index in [2.05, 4.69) is 0 Å². The highest BCUT2D eigenvalue weighted by atomic mass is 16.8. The molecule has 4 saturated heterocycles. The Bertz CT molecular complexity index is 1140. The number of aliphatic hydroxyl groups is 13. The summed E-state index contributed by atoms with van der Waals surface area (Å²) in [5.74, 6) is -0.824. The molecular formula is C34H57O17+. The molecule has 0 aromatic carbocycles. The quantitative estimate of drug-likeness (QED) is 0.110. The summed E-state index contributed by atoms with van der Waals surface area (Å²) < 4.78 is 36.3. The van der Waals surface area contributed by atoms with Crippen molar-refractivity contribution >= 4 is 0 Å². The molecule has 0 spiro atoms. The predicted octanol–water partition coefficient (Wildman–Crippen LogP) is -4.50. The summed E-state index contributed by atoms with van der Waals surface area (Å²) in [6.07, 6.45) is -17.0. The fourth-order valence-electron chi connectivity index (χ4n) is 10.1. The Morgan fingerprint density at radius 1 is 0.569 bits per heavy atom. The summed E-state index contributed by atoms with van der Waals surface area (Å²) in [5.41, 5.74) is 0. The van der Waals surface area contributed by atoms with Gasteiger partial charge in [-0.25, -0.2) is 0 Å². The molecule has 0 bridgehead atoms. The van der Waals surface area contributed by atoms with Crippen molar-refractivity contribution in [2.24, 2.45) is 23.7 Å². The second-order valence-corrected chi connectivity index (χ2v) is 16.1. The van der Waals surface area contributed by atoms with E-state index in [1.165, 1.54) is 0 Å². The molecule has 17 heteroatoms. The molecule has 7 fully saturated rings. The largest absolute Gasteiger partial charge is 0.427 e. The monoisotopic (exact) mass is 737 g/mol. The minimum Gasteiger partial charge on any atom is -0.427 e. The first-order valence-corrected chi connectivity index (χ1v) is 18.7. The van der Waals surface area contributed by atoms with Gasteiger partial charge in [0.25, 0.3) is 0 Å². The van der Waals surface area contributed by atoms with Crippen LogP contribution in [0.5, 0.6) is 0 Å². The van der Waals surface area contributed by atoms with Gasteiger partial charge in [0.05, 0.1) is 61.9 Å². The van der Waals surface area contributed by atoms with Gasteiger partial charge in [-0.1, -0.05) is 0 Å². The summed E-state index contributed by atoms with van der Waals surface area (Å²) in [4.78, 5) is 0. The topological polar surface area (TPSA) is 281 Å². The Kier molecular flexibility index (Phi) is 12.0. The van der Waals surface area contributed by atoms with Crippen LogP contribution < -0.4 is 0 Å². The van der Waals surface area contributed by atoms with Crippen LogP contribution in [0.25, 0.3) is 0 Å². The SMILES string of the molecule is OC[C@H]1O[C@@H](OC2C3CC(C4CCC(O)C(O)C4)OC4CC(O)CC([OH+]C2C2CCC(O)C(O)C2)C43)[C@H](O[C@@H]2OC[C@@H](O)[C@H](O)[C@H]2O)[C@@H](O)[C@H]1O. The molecule has 4 aliphatic heterocycles. The van der Waals surface area contributed by atoms with E-state index >= 15 is 0 Å². The Morgan fingerprint density at radius 2 is 1.24 bits per heavy atom. The van der Waals surface area contributed by atoms with Crippen molar-refractivity contribution in [3.05, 3.63) is 0 Å². The molecule has 294 valence electrons. The van der Waals surface area contributed by atoms with Crippen molar-refractivity contribution in [1.29, 1.82) is 0 Å². The van der Waals surface area contributed by atoms with E-state index in [-0.39, 0.29) is 48.9 Å². The molecule has 23 atom stereocenters. The third-order valence-electron chi connectivity index (χ3n) is 12.9. The van der Waals surface area contributed by atoms with Crippen molar-refractivity contribution in [2.75, 3.05) is 13.2 Å². The fourth-order valence-corrected chi connectivity index (χ4v) is 10.1. The molecule has 0 aromatic rings. The summed E-state index contributed by atoms with van der Waals surface area (Å²) in [7, 11) is 0. The molecule has 3 saturated carbocycles. The lowest BCUT2D eigenvalue weighted by Gasteiger charge is -2.57. The smallest absolute Gasteiger partial charge is 0.187 e. The van der Waals surface area contributed by atoms with Gasteiger partial charge in [0.2, 0.25) is 0 Å². The van der Waals surface area contributed by atoms with Crippen molar-refractivity contribution in [3.8, 4) is 0 Å². The molecular weight excluding hydrogens is 680 g/mol. The summed E-state index contributed by atoms with van der Waals surface area (Å²) in [5, 5.41) is 116. The third kappa shape index (κ3) is 7.63. The molecule has 0 aromatic heterocycles. The van der Waals surface area contributed by atoms with Crippen LogP contribution in [0.3, 0.4) is 0 Å². The van der Waals surface area contributed by atoms with Crippen LogP contribution in [0, 0.1) is 23.7 Å². The zero-order valence-electron chi connectivity index (χ0n) is 28.5. The van der Waals surface area contributed by atoms with Gasteiger partial charge in [0, 0.05) is 24.7 Å². The van der Waals surface area contributed by atoms with Crippen LogP contribution in [0.2, 0.25) is 0 Å². The van der Waals surface area contributed by atoms with Gasteiger partial charge in [-0.15, -0.1) is 0 Å². The molecule has 12 N–H and O–H groups in total. The third-order valence-corrected chi connectivity index (χ3v) is 12.9. The number of rotatable bonds is 7. The predicted molar refractivity (Wildman–Crippen MR) is 169 cm³/mol. The van der Waals surface area contributed by atoms with Gasteiger partial charge in [-0.2, -0.15) is 0 Å². The van der Waals surface area contributed by atoms with E-state index in [1.54, 1.807) is 0 Å². The van der Waals surface area contributed by atoms with E-state index in [0.29, 0.717) is 51.4 Å². The van der Waals surface area contributed by atoms with E-state index in [9.17, 15) is 56.2 Å². The van der Waals surface area contributed by atoms with Gasteiger partial charge in [0.1, 0.15) is 48.8 Å². The maximum atomic E-state index is 11.3. The normalized spacial score (nSPS) is 56.6. The Labute approximate surface area is 295 Å². The molecule has 7 aliphatic rings. The van der Waals surface area contributed by atoms with Gasteiger partial charge < -0.3 is 84.6 Å². The Morgan fingerprint density at radius 3 is 1.92 bits per heavy atom. The standard InChI is InChI=1S/C34H56O17/c35-10-24-27(43)28(44)32(51-33-29(45)26(42)20(41)11-46-33)34(49-24)50-31-15-9-21(12-1-3-16(37)18(39)5-12)47-22-7-14(36)8-23(25(15)22)48-30(31)13-2-4-17(38)19(40)6-13/h12-45H,1-11H2/p+1/t12?,13?,14?,15?,16?,17?,18?,19?,20-,21?,22?,23?,24-,25?,26+,27+,28+,29-,30?,31?,32-,33+,34+/m1/s1. The lowest BCUT2D eigenvalue weighted by molar-refractivity contribution is -0.396. The summed E-state index contributed by atoms with van der Waals surface area (Å²) >= 11 is 0. The number of aliphatic hydroxyl groups excluding tert-OH is 11. The van der Waals surface area contributed by atoms with Crippen molar-refractivity contribution in [1.82, 2.24) is 0 Å². The highest BCUT2D eigenvalue weighted by Crippen LogP contribution is 2.52. The minimum absolute atomic E-state index is 0.0871. The first-order chi connectivity index (χ1) is 24.3. The zero-order valence-corrected chi connectivity index (χ0v) is 28.5. The van der Waals surface area contributed by atoms with Crippen LogP contribution >= 0.6 is 0 Å². The first-order valence-electron chi connectivity index (χ1n) is 18.7. The number of hydrogen-bond donors (Lipinski definition) is 11. The van der Waals surface area contributed by atoms with Crippen LogP contribution in [0.4, 0.5) is 0 Å². The van der Waals surface area contributed by atoms with E-state index < -0.39 is 111 Å². The average Bonchev–Trinajstić information content (AvgIpc) is 3.10. The molecule has 4 heterocycles. The highest BCUT2D eigenvalue weighted by Gasteiger charge is 2.62. The van der Waals surface area contributed by atoms with E-state index in [0.717, 1.165) is 0 Å². The van der Waals surface area contributed by atoms with Gasteiger partial charge in [0.15, 0.2) is 24.8 Å². The molecule has 14 unspecified atom stereocenters. The maximum absolute atomic E-state index is 11.3. The maximum Gasteiger partial charge on any atom is 0.187 e. The summed E-state index contributed by atoms with van der Waals surface area (Å²) in [6.45, 7) is -1.06. The molecule has 0 radical (unpaired) electrons. The van der Waals surface area contributed by atoms with Crippen LogP contribution in [-0.2, 0) is 23.7 Å². The van der Waals surface area contributed by atoms with Gasteiger partial charge in [-0.3, -0.25) is 0 Å². The van der Waals surface area contributed by atoms with E-state index in [4.69, 9.17) is 28.4 Å². The molecule has 7 rings (SSSR count). The van der Waals surface area contributed by atoms with Crippen LogP contribution in [0.15, 0.2) is 0 Å². The first kappa shape index (κ1) is 38.6. The van der Waals surface area contributed by atoms with Gasteiger partial charge in [-0.05, 0) is 50.9 Å². The second-order valence-electron chi connectivity index (χ2n) is 16.1. The Balaban J connectivity index is 1.22. The number of hydrogen-bond acceptors (Lipinski definition) is 16. The lowest BCUT2D eigenvalue weighted by Crippen LogP contribution is -2.68. The lowest BCUT2D eigenvalue weighted by atomic mass is 9.63. The highest BCUT2D eigenvalue weighted by molar-refractivity contribution is 5.06. The van der Waals surface area contributed by atoms with Crippen molar-refractivity contribution < 1.29 is 84.6 Å². The van der Waals surface area contributed by atoms with Crippen LogP contribution in [-0.4, -0.2) is 190 Å². The van der Waals surface area contributed by atoms with Crippen LogP contribution in [0.1, 0.15) is 57.8 Å². The molecule has 51 heavy (non-hydrogen) atoms. The number of ether oxygens (including phenoxy) is 6. The molecule has 0 amide bonds. The van der Waals surface area contributed by atoms with E-state index in [1.807, 2.05) is 0 Å².